The van der Waals surface area contributed by atoms with Gasteiger partial charge in [-0.2, -0.15) is 13.2 Å². The van der Waals surface area contributed by atoms with Gasteiger partial charge < -0.3 is 4.74 Å². The molecular formula is C11H9ClF3NO. The van der Waals surface area contributed by atoms with Gasteiger partial charge in [-0.3, -0.25) is 0 Å². The van der Waals surface area contributed by atoms with Crippen LogP contribution in [0.1, 0.15) is 12.0 Å². The topological polar surface area (TPSA) is 22.1 Å². The Morgan fingerprint density at radius 3 is 2.65 bits per heavy atom. The molecule has 1 rings (SSSR count). The number of hydrogen-bond donors (Lipinski definition) is 0. The standard InChI is InChI=1S/C11H9ClF3NO/c12-6-2-1-3-9-4-5-10(16-7-9)17-8-11(13,14)15/h4-5,7H,2,6,8H2. The fourth-order valence-electron chi connectivity index (χ4n) is 0.907. The zero-order valence-electron chi connectivity index (χ0n) is 8.72. The van der Waals surface area contributed by atoms with E-state index in [1.165, 1.54) is 12.3 Å². The fraction of sp³-hybridized carbons (Fsp3) is 0.364. The molecule has 0 radical (unpaired) electrons. The average molecular weight is 264 g/mol. The van der Waals surface area contributed by atoms with Gasteiger partial charge in [0.15, 0.2) is 6.61 Å². The van der Waals surface area contributed by atoms with Crippen molar-refractivity contribution in [2.24, 2.45) is 0 Å². The predicted molar refractivity (Wildman–Crippen MR) is 58.0 cm³/mol. The summed E-state index contributed by atoms with van der Waals surface area (Å²) in [6, 6.07) is 2.89. The molecule has 0 atom stereocenters. The van der Waals surface area contributed by atoms with Crippen LogP contribution >= 0.6 is 11.6 Å². The van der Waals surface area contributed by atoms with Gasteiger partial charge in [-0.15, -0.1) is 11.6 Å². The molecule has 0 saturated carbocycles. The van der Waals surface area contributed by atoms with E-state index in [4.69, 9.17) is 11.6 Å². The first-order valence-electron chi connectivity index (χ1n) is 4.72. The van der Waals surface area contributed by atoms with Crippen LogP contribution in [0.3, 0.4) is 0 Å². The first-order valence-corrected chi connectivity index (χ1v) is 5.25. The summed E-state index contributed by atoms with van der Waals surface area (Å²) in [6.45, 7) is -1.35. The van der Waals surface area contributed by atoms with Crippen LogP contribution in [0.25, 0.3) is 0 Å². The number of pyridine rings is 1. The molecule has 92 valence electrons. The van der Waals surface area contributed by atoms with Gasteiger partial charge in [-0.25, -0.2) is 4.98 Å². The van der Waals surface area contributed by atoms with Crippen molar-refractivity contribution in [3.8, 4) is 17.7 Å². The fourth-order valence-corrected chi connectivity index (χ4v) is 1.00. The van der Waals surface area contributed by atoms with Gasteiger partial charge in [0, 0.05) is 30.1 Å². The van der Waals surface area contributed by atoms with Crippen LogP contribution < -0.4 is 4.74 Å². The van der Waals surface area contributed by atoms with Gasteiger partial charge >= 0.3 is 6.18 Å². The van der Waals surface area contributed by atoms with Crippen LogP contribution in [0.15, 0.2) is 18.3 Å². The SMILES string of the molecule is FC(F)(F)COc1ccc(C#CCCCl)cn1. The molecular weight excluding hydrogens is 255 g/mol. The van der Waals surface area contributed by atoms with Crippen LogP contribution in [0, 0.1) is 11.8 Å². The summed E-state index contributed by atoms with van der Waals surface area (Å²) in [5, 5.41) is 0. The third-order valence-corrected chi connectivity index (χ3v) is 1.76. The summed E-state index contributed by atoms with van der Waals surface area (Å²) in [5.41, 5.74) is 0.606. The Hall–Kier alpha value is -1.41. The van der Waals surface area contributed by atoms with E-state index in [9.17, 15) is 13.2 Å². The third kappa shape index (κ3) is 6.03. The Kier molecular flexibility index (Phi) is 5.11. The van der Waals surface area contributed by atoms with Gasteiger partial charge in [-0.1, -0.05) is 11.8 Å². The van der Waals surface area contributed by atoms with Crippen molar-refractivity contribution in [1.29, 1.82) is 0 Å². The summed E-state index contributed by atoms with van der Waals surface area (Å²) in [5.74, 6) is 5.91. The molecule has 17 heavy (non-hydrogen) atoms. The number of halogens is 4. The van der Waals surface area contributed by atoms with E-state index in [2.05, 4.69) is 21.6 Å². The smallest absolute Gasteiger partial charge is 0.422 e. The molecule has 0 aromatic carbocycles. The predicted octanol–water partition coefficient (Wildman–Crippen LogP) is 3.00. The lowest BCUT2D eigenvalue weighted by molar-refractivity contribution is -0.154. The molecule has 1 aromatic heterocycles. The molecule has 1 aromatic rings. The minimum atomic E-state index is -4.36. The van der Waals surface area contributed by atoms with Gasteiger partial charge in [0.2, 0.25) is 5.88 Å². The normalized spacial score (nSPS) is 10.6. The number of aromatic nitrogens is 1. The van der Waals surface area contributed by atoms with E-state index < -0.39 is 12.8 Å². The van der Waals surface area contributed by atoms with E-state index in [1.54, 1.807) is 6.07 Å². The first kappa shape index (κ1) is 13.7. The van der Waals surface area contributed by atoms with Crippen molar-refractivity contribution < 1.29 is 17.9 Å². The van der Waals surface area contributed by atoms with Crippen molar-refractivity contribution in [2.45, 2.75) is 12.6 Å². The Labute approximate surface area is 102 Å². The van der Waals surface area contributed by atoms with Crippen LogP contribution in [0.2, 0.25) is 0 Å². The lowest BCUT2D eigenvalue weighted by atomic mass is 10.3. The number of ether oxygens (including phenoxy) is 1. The molecule has 0 aliphatic rings. The van der Waals surface area contributed by atoms with Crippen LogP contribution in [0.4, 0.5) is 13.2 Å². The van der Waals surface area contributed by atoms with Gasteiger partial charge in [0.1, 0.15) is 0 Å². The Morgan fingerprint density at radius 2 is 2.12 bits per heavy atom. The summed E-state index contributed by atoms with van der Waals surface area (Å²) in [6.07, 6.45) is -2.46. The minimum Gasteiger partial charge on any atom is -0.468 e. The second-order valence-corrected chi connectivity index (χ2v) is 3.41. The van der Waals surface area contributed by atoms with Crippen molar-refractivity contribution in [2.75, 3.05) is 12.5 Å². The molecule has 0 saturated heterocycles. The monoisotopic (exact) mass is 263 g/mol. The largest absolute Gasteiger partial charge is 0.468 e. The molecule has 0 aliphatic carbocycles. The van der Waals surface area contributed by atoms with Crippen LogP contribution in [0.5, 0.6) is 5.88 Å². The molecule has 0 fully saturated rings. The van der Waals surface area contributed by atoms with Gasteiger partial charge in [-0.05, 0) is 6.07 Å². The molecule has 6 heteroatoms. The number of rotatable bonds is 3. The highest BCUT2D eigenvalue weighted by atomic mass is 35.5. The molecule has 1 heterocycles. The summed E-state index contributed by atoms with van der Waals surface area (Å²) in [4.78, 5) is 3.70. The minimum absolute atomic E-state index is 0.0785. The Balaban J connectivity index is 2.54. The number of alkyl halides is 4. The van der Waals surface area contributed by atoms with E-state index in [0.29, 0.717) is 17.9 Å². The average Bonchev–Trinajstić information content (AvgIpc) is 2.27. The summed E-state index contributed by atoms with van der Waals surface area (Å²) in [7, 11) is 0. The zero-order chi connectivity index (χ0) is 12.7. The maximum Gasteiger partial charge on any atom is 0.422 e. The third-order valence-electron chi connectivity index (χ3n) is 1.57. The Morgan fingerprint density at radius 1 is 1.35 bits per heavy atom. The highest BCUT2D eigenvalue weighted by Gasteiger charge is 2.28. The van der Waals surface area contributed by atoms with E-state index >= 15 is 0 Å². The maximum atomic E-state index is 11.8. The molecule has 0 unspecified atom stereocenters. The van der Waals surface area contributed by atoms with Gasteiger partial charge in [0.25, 0.3) is 0 Å². The number of nitrogens with zero attached hydrogens (tertiary/aromatic N) is 1. The van der Waals surface area contributed by atoms with Crippen molar-refractivity contribution in [3.05, 3.63) is 23.9 Å². The highest BCUT2D eigenvalue weighted by molar-refractivity contribution is 6.18. The van der Waals surface area contributed by atoms with Crippen molar-refractivity contribution in [3.63, 3.8) is 0 Å². The molecule has 0 N–H and O–H groups in total. The zero-order valence-corrected chi connectivity index (χ0v) is 9.48. The molecule has 0 amide bonds. The number of hydrogen-bond acceptors (Lipinski definition) is 2. The molecule has 0 bridgehead atoms. The van der Waals surface area contributed by atoms with Gasteiger partial charge in [0.05, 0.1) is 0 Å². The van der Waals surface area contributed by atoms with Crippen LogP contribution in [-0.2, 0) is 0 Å². The lowest BCUT2D eigenvalue weighted by Gasteiger charge is -2.07. The van der Waals surface area contributed by atoms with Crippen molar-refractivity contribution >= 4 is 11.6 Å². The highest BCUT2D eigenvalue weighted by Crippen LogP contribution is 2.16. The van der Waals surface area contributed by atoms with Crippen molar-refractivity contribution in [1.82, 2.24) is 4.98 Å². The lowest BCUT2D eigenvalue weighted by Crippen LogP contribution is -2.19. The Bertz CT molecular complexity index is 405. The van der Waals surface area contributed by atoms with E-state index in [0.717, 1.165) is 0 Å². The van der Waals surface area contributed by atoms with Crippen LogP contribution in [-0.4, -0.2) is 23.6 Å². The second kappa shape index (κ2) is 6.36. The quantitative estimate of drug-likeness (QED) is 0.618. The summed E-state index contributed by atoms with van der Waals surface area (Å²) < 4.78 is 40.0. The molecule has 0 aliphatic heterocycles. The first-order chi connectivity index (χ1) is 8.01. The summed E-state index contributed by atoms with van der Waals surface area (Å²) >= 11 is 5.43. The van der Waals surface area contributed by atoms with E-state index in [-0.39, 0.29) is 5.88 Å². The maximum absolute atomic E-state index is 11.8. The molecule has 0 spiro atoms. The van der Waals surface area contributed by atoms with E-state index in [1.807, 2.05) is 0 Å². The second-order valence-electron chi connectivity index (χ2n) is 3.03. The molecule has 2 nitrogen and oxygen atoms in total.